The summed E-state index contributed by atoms with van der Waals surface area (Å²) in [6.45, 7) is 6.36. The summed E-state index contributed by atoms with van der Waals surface area (Å²) in [7, 11) is 0. The van der Waals surface area contributed by atoms with E-state index in [9.17, 15) is 9.59 Å². The highest BCUT2D eigenvalue weighted by atomic mass is 16.6. The molecule has 6 nitrogen and oxygen atoms in total. The Hall–Kier alpha value is -3.02. The SMILES string of the molecule is Cc1cccc(N2C[C@H](C(=O)N3CCC[C@H]3c3ccc4c(c3)OCCO4)CC2=O)c1C. The van der Waals surface area contributed by atoms with Gasteiger partial charge in [-0.25, -0.2) is 0 Å². The zero-order chi connectivity index (χ0) is 21.5. The lowest BCUT2D eigenvalue weighted by Crippen LogP contribution is -2.37. The second kappa shape index (κ2) is 7.91. The lowest BCUT2D eigenvalue weighted by atomic mass is 10.0. The maximum Gasteiger partial charge on any atom is 0.228 e. The molecule has 0 aromatic heterocycles. The number of rotatable bonds is 3. The van der Waals surface area contributed by atoms with Crippen molar-refractivity contribution in [2.75, 3.05) is 31.2 Å². The molecule has 0 bridgehead atoms. The average Bonchev–Trinajstić information content (AvgIpc) is 3.42. The molecule has 3 heterocycles. The van der Waals surface area contributed by atoms with Gasteiger partial charge in [0.15, 0.2) is 11.5 Å². The largest absolute Gasteiger partial charge is 0.486 e. The van der Waals surface area contributed by atoms with Gasteiger partial charge < -0.3 is 19.3 Å². The van der Waals surface area contributed by atoms with Crippen LogP contribution in [-0.4, -0.2) is 43.0 Å². The first-order valence-electron chi connectivity index (χ1n) is 11.1. The predicted octanol–water partition coefficient (Wildman–Crippen LogP) is 3.79. The minimum absolute atomic E-state index is 0.0215. The Morgan fingerprint density at radius 3 is 2.71 bits per heavy atom. The molecule has 5 rings (SSSR count). The van der Waals surface area contributed by atoms with Crippen LogP contribution in [0, 0.1) is 19.8 Å². The third-order valence-electron chi connectivity index (χ3n) is 6.83. The smallest absolute Gasteiger partial charge is 0.228 e. The fraction of sp³-hybridized carbons (Fsp3) is 0.440. The molecule has 162 valence electrons. The fourth-order valence-corrected chi connectivity index (χ4v) is 5.01. The van der Waals surface area contributed by atoms with Gasteiger partial charge in [-0.2, -0.15) is 0 Å². The summed E-state index contributed by atoms with van der Waals surface area (Å²) < 4.78 is 11.4. The number of amides is 2. The fourth-order valence-electron chi connectivity index (χ4n) is 5.01. The summed E-state index contributed by atoms with van der Waals surface area (Å²) in [4.78, 5) is 30.1. The van der Waals surface area contributed by atoms with Crippen molar-refractivity contribution in [2.24, 2.45) is 5.92 Å². The van der Waals surface area contributed by atoms with Crippen molar-refractivity contribution in [3.63, 3.8) is 0 Å². The first-order chi connectivity index (χ1) is 15.0. The highest BCUT2D eigenvalue weighted by Gasteiger charge is 2.41. The number of benzene rings is 2. The molecule has 2 aromatic rings. The van der Waals surface area contributed by atoms with E-state index in [2.05, 4.69) is 0 Å². The molecule has 2 amide bonds. The minimum atomic E-state index is -0.301. The number of fused-ring (bicyclic) bond motifs is 1. The Morgan fingerprint density at radius 2 is 1.87 bits per heavy atom. The molecular formula is C25H28N2O4. The first-order valence-corrected chi connectivity index (χ1v) is 11.1. The Bertz CT molecular complexity index is 1030. The number of carbonyl (C=O) groups is 2. The molecule has 2 fully saturated rings. The molecule has 0 saturated carbocycles. The van der Waals surface area contributed by atoms with Gasteiger partial charge in [-0.15, -0.1) is 0 Å². The molecule has 3 aliphatic heterocycles. The van der Waals surface area contributed by atoms with Crippen molar-refractivity contribution in [1.29, 1.82) is 0 Å². The van der Waals surface area contributed by atoms with E-state index in [1.165, 1.54) is 0 Å². The number of ether oxygens (including phenoxy) is 2. The number of hydrogen-bond donors (Lipinski definition) is 0. The average molecular weight is 421 g/mol. The summed E-state index contributed by atoms with van der Waals surface area (Å²) in [6.07, 6.45) is 2.16. The molecule has 6 heteroatoms. The zero-order valence-corrected chi connectivity index (χ0v) is 18.1. The highest BCUT2D eigenvalue weighted by Crippen LogP contribution is 2.40. The Balaban J connectivity index is 1.35. The molecular weight excluding hydrogens is 392 g/mol. The van der Waals surface area contributed by atoms with Crippen LogP contribution in [0.2, 0.25) is 0 Å². The Kier molecular flexibility index (Phi) is 5.08. The van der Waals surface area contributed by atoms with Gasteiger partial charge in [0.2, 0.25) is 11.8 Å². The number of likely N-dealkylation sites (tertiary alicyclic amines) is 1. The highest BCUT2D eigenvalue weighted by molar-refractivity contribution is 6.01. The lowest BCUT2D eigenvalue weighted by molar-refractivity contribution is -0.136. The van der Waals surface area contributed by atoms with Gasteiger partial charge in [0, 0.05) is 25.2 Å². The van der Waals surface area contributed by atoms with E-state index >= 15 is 0 Å². The van der Waals surface area contributed by atoms with Crippen LogP contribution < -0.4 is 14.4 Å². The van der Waals surface area contributed by atoms with E-state index < -0.39 is 0 Å². The third kappa shape index (κ3) is 3.54. The van der Waals surface area contributed by atoms with Crippen LogP contribution in [0.5, 0.6) is 11.5 Å². The number of carbonyl (C=O) groups excluding carboxylic acids is 2. The monoisotopic (exact) mass is 420 g/mol. The lowest BCUT2D eigenvalue weighted by Gasteiger charge is -2.29. The third-order valence-corrected chi connectivity index (χ3v) is 6.83. The number of anilines is 1. The summed E-state index contributed by atoms with van der Waals surface area (Å²) in [5.74, 6) is 1.32. The number of aryl methyl sites for hydroxylation is 1. The Morgan fingerprint density at radius 1 is 1.06 bits per heavy atom. The maximum absolute atomic E-state index is 13.5. The van der Waals surface area contributed by atoms with Crippen molar-refractivity contribution in [3.8, 4) is 11.5 Å². The molecule has 3 aliphatic rings. The second-order valence-electron chi connectivity index (χ2n) is 8.72. The van der Waals surface area contributed by atoms with Gasteiger partial charge in [0.05, 0.1) is 12.0 Å². The van der Waals surface area contributed by atoms with Crippen LogP contribution in [0.4, 0.5) is 5.69 Å². The second-order valence-corrected chi connectivity index (χ2v) is 8.72. The van der Waals surface area contributed by atoms with E-state index in [1.54, 1.807) is 4.90 Å². The quantitative estimate of drug-likeness (QED) is 0.758. The van der Waals surface area contributed by atoms with E-state index in [0.717, 1.165) is 53.3 Å². The minimum Gasteiger partial charge on any atom is -0.486 e. The van der Waals surface area contributed by atoms with Gasteiger partial charge in [-0.3, -0.25) is 9.59 Å². The van der Waals surface area contributed by atoms with E-state index in [1.807, 2.05) is 55.1 Å². The standard InChI is InChI=1S/C25H28N2O4/c1-16-5-3-6-20(17(16)2)27-15-19(14-24(27)28)25(29)26-10-4-7-21(26)18-8-9-22-23(13-18)31-12-11-30-22/h3,5-6,8-9,13,19,21H,4,7,10-12,14-15H2,1-2H3/t19-,21+/m1/s1. The molecule has 0 spiro atoms. The molecule has 0 radical (unpaired) electrons. The summed E-state index contributed by atoms with van der Waals surface area (Å²) >= 11 is 0. The Labute approximate surface area is 182 Å². The van der Waals surface area contributed by atoms with E-state index in [-0.39, 0.29) is 30.2 Å². The van der Waals surface area contributed by atoms with Crippen molar-refractivity contribution >= 4 is 17.5 Å². The van der Waals surface area contributed by atoms with Crippen LogP contribution >= 0.6 is 0 Å². The number of hydrogen-bond acceptors (Lipinski definition) is 4. The first kappa shape index (κ1) is 19.9. The van der Waals surface area contributed by atoms with Crippen molar-refractivity contribution in [2.45, 2.75) is 39.2 Å². The summed E-state index contributed by atoms with van der Waals surface area (Å²) in [6, 6.07) is 12.0. The van der Waals surface area contributed by atoms with Crippen molar-refractivity contribution in [1.82, 2.24) is 4.90 Å². The molecule has 0 unspecified atom stereocenters. The van der Waals surface area contributed by atoms with Gasteiger partial charge in [-0.1, -0.05) is 18.2 Å². The van der Waals surface area contributed by atoms with Crippen molar-refractivity contribution < 1.29 is 19.1 Å². The van der Waals surface area contributed by atoms with Gasteiger partial charge >= 0.3 is 0 Å². The molecule has 2 saturated heterocycles. The van der Waals surface area contributed by atoms with Gasteiger partial charge in [-0.05, 0) is 61.6 Å². The molecule has 0 aliphatic carbocycles. The normalized spacial score (nSPS) is 22.8. The molecule has 2 aromatic carbocycles. The van der Waals surface area contributed by atoms with E-state index in [4.69, 9.17) is 9.47 Å². The zero-order valence-electron chi connectivity index (χ0n) is 18.1. The maximum atomic E-state index is 13.5. The van der Waals surface area contributed by atoms with Crippen LogP contribution in [0.3, 0.4) is 0 Å². The molecule has 2 atom stereocenters. The van der Waals surface area contributed by atoms with Gasteiger partial charge in [0.25, 0.3) is 0 Å². The van der Waals surface area contributed by atoms with Crippen LogP contribution in [0.15, 0.2) is 36.4 Å². The van der Waals surface area contributed by atoms with E-state index in [0.29, 0.717) is 19.8 Å². The topological polar surface area (TPSA) is 59.1 Å². The summed E-state index contributed by atoms with van der Waals surface area (Å²) in [5, 5.41) is 0. The molecule has 0 N–H and O–H groups in total. The van der Waals surface area contributed by atoms with Gasteiger partial charge in [0.1, 0.15) is 13.2 Å². The van der Waals surface area contributed by atoms with Crippen molar-refractivity contribution in [3.05, 3.63) is 53.1 Å². The predicted molar refractivity (Wildman–Crippen MR) is 117 cm³/mol. The molecule has 31 heavy (non-hydrogen) atoms. The summed E-state index contributed by atoms with van der Waals surface area (Å²) in [5.41, 5.74) is 4.24. The van der Waals surface area contributed by atoms with Crippen LogP contribution in [0.25, 0.3) is 0 Å². The number of nitrogens with zero attached hydrogens (tertiary/aromatic N) is 2. The van der Waals surface area contributed by atoms with Crippen LogP contribution in [-0.2, 0) is 9.59 Å². The van der Waals surface area contributed by atoms with Crippen LogP contribution in [0.1, 0.15) is 42.0 Å².